The second kappa shape index (κ2) is 13.9. The molecule has 0 aliphatic rings. The third-order valence-electron chi connectivity index (χ3n) is 3.16. The van der Waals surface area contributed by atoms with Gasteiger partial charge in [0, 0.05) is 16.3 Å². The van der Waals surface area contributed by atoms with Crippen LogP contribution >= 0.6 is 11.3 Å². The smallest absolute Gasteiger partial charge is 0.475 e. The maximum atomic E-state index is 11.5. The average Bonchev–Trinajstić information content (AvgIpc) is 3.07. The number of halogens is 3. The van der Waals surface area contributed by atoms with Crippen molar-refractivity contribution in [3.63, 3.8) is 0 Å². The van der Waals surface area contributed by atoms with Crippen molar-refractivity contribution < 1.29 is 32.7 Å². The molecule has 0 aliphatic heterocycles. The van der Waals surface area contributed by atoms with E-state index in [1.807, 2.05) is 0 Å². The first-order valence-electron chi connectivity index (χ1n) is 8.41. The summed E-state index contributed by atoms with van der Waals surface area (Å²) in [6.07, 6.45) is -1.04. The molecule has 0 saturated heterocycles. The van der Waals surface area contributed by atoms with Crippen LogP contribution in [0.5, 0.6) is 0 Å². The zero-order valence-corrected chi connectivity index (χ0v) is 16.0. The van der Waals surface area contributed by atoms with Gasteiger partial charge >= 0.3 is 12.1 Å². The zero-order chi connectivity index (χ0) is 21.6. The van der Waals surface area contributed by atoms with Crippen molar-refractivity contribution in [2.45, 2.75) is 31.9 Å². The third kappa shape index (κ3) is 13.1. The van der Waals surface area contributed by atoms with Crippen LogP contribution in [0.15, 0.2) is 12.1 Å². The Balaban J connectivity index is 0.000000887. The number of aliphatic carboxylic acids is 1. The zero-order valence-electron chi connectivity index (χ0n) is 15.2. The molecule has 0 atom stereocenters. The summed E-state index contributed by atoms with van der Waals surface area (Å²) in [4.78, 5) is 33.9. The maximum absolute atomic E-state index is 11.5. The van der Waals surface area contributed by atoms with Crippen LogP contribution in [0.4, 0.5) is 13.2 Å². The van der Waals surface area contributed by atoms with E-state index in [4.69, 9.17) is 21.4 Å². The van der Waals surface area contributed by atoms with E-state index in [9.17, 15) is 22.8 Å². The Hall–Kier alpha value is -2.18. The molecule has 7 N–H and O–H groups in total. The van der Waals surface area contributed by atoms with Crippen LogP contribution in [-0.4, -0.2) is 55.2 Å². The summed E-state index contributed by atoms with van der Waals surface area (Å²) in [6, 6.07) is 4.24. The van der Waals surface area contributed by atoms with E-state index in [1.54, 1.807) is 11.3 Å². The van der Waals surface area contributed by atoms with Crippen molar-refractivity contribution >= 4 is 29.1 Å². The third-order valence-corrected chi connectivity index (χ3v) is 4.37. The van der Waals surface area contributed by atoms with E-state index in [0.717, 1.165) is 32.2 Å². The van der Waals surface area contributed by atoms with Gasteiger partial charge < -0.3 is 27.2 Å². The number of nitrogens with two attached hydrogens (primary N) is 2. The van der Waals surface area contributed by atoms with Crippen LogP contribution < -0.4 is 22.1 Å². The number of carboxylic acids is 1. The van der Waals surface area contributed by atoms with Crippen LogP contribution in [0.25, 0.3) is 0 Å². The van der Waals surface area contributed by atoms with Crippen molar-refractivity contribution in [1.29, 1.82) is 0 Å². The number of rotatable bonds is 10. The van der Waals surface area contributed by atoms with Crippen molar-refractivity contribution in [2.24, 2.45) is 11.5 Å². The summed E-state index contributed by atoms with van der Waals surface area (Å²) < 4.78 is 31.7. The van der Waals surface area contributed by atoms with Gasteiger partial charge in [-0.3, -0.25) is 9.59 Å². The van der Waals surface area contributed by atoms with E-state index in [2.05, 4.69) is 22.8 Å². The Morgan fingerprint density at radius 3 is 2.07 bits per heavy atom. The summed E-state index contributed by atoms with van der Waals surface area (Å²) in [5.41, 5.74) is 10.6. The molecule has 0 bridgehead atoms. The highest BCUT2D eigenvalue weighted by Gasteiger charge is 2.38. The number of hydrogen-bond donors (Lipinski definition) is 5. The average molecular weight is 426 g/mol. The minimum absolute atomic E-state index is 0.0230. The topological polar surface area (TPSA) is 148 Å². The van der Waals surface area contributed by atoms with Crippen molar-refractivity contribution in [3.8, 4) is 0 Å². The van der Waals surface area contributed by atoms with Gasteiger partial charge in [-0.1, -0.05) is 0 Å². The van der Waals surface area contributed by atoms with Gasteiger partial charge in [0.15, 0.2) is 0 Å². The van der Waals surface area contributed by atoms with Gasteiger partial charge in [0.25, 0.3) is 0 Å². The van der Waals surface area contributed by atoms with Gasteiger partial charge in [-0.05, 0) is 44.4 Å². The molecule has 0 unspecified atom stereocenters. The number of alkyl halides is 3. The van der Waals surface area contributed by atoms with E-state index in [1.165, 1.54) is 9.75 Å². The van der Waals surface area contributed by atoms with Crippen molar-refractivity contribution in [2.75, 3.05) is 26.2 Å². The fraction of sp³-hybridized carbons (Fsp3) is 0.562. The highest BCUT2D eigenvalue weighted by atomic mass is 32.1. The molecule has 0 spiro atoms. The molecule has 1 aromatic rings. The number of carboxylic acid groups (broad SMARTS) is 1. The second-order valence-electron chi connectivity index (χ2n) is 5.50. The predicted octanol–water partition coefficient (Wildman–Crippen LogP) is 0.396. The number of carbonyl (C=O) groups excluding carboxylic acids is 2. The molecule has 0 saturated carbocycles. The number of aryl methyl sites for hydroxylation is 1. The van der Waals surface area contributed by atoms with Gasteiger partial charge in [0.05, 0.1) is 13.1 Å². The maximum Gasteiger partial charge on any atom is 0.490 e. The largest absolute Gasteiger partial charge is 0.490 e. The lowest BCUT2D eigenvalue weighted by Crippen LogP contribution is -2.39. The summed E-state index contributed by atoms with van der Waals surface area (Å²) in [7, 11) is 0. The molecule has 1 heterocycles. The molecule has 0 radical (unpaired) electrons. The Morgan fingerprint density at radius 1 is 1.00 bits per heavy atom. The first kappa shape index (κ1) is 25.8. The highest BCUT2D eigenvalue weighted by Crippen LogP contribution is 2.18. The van der Waals surface area contributed by atoms with Gasteiger partial charge in [-0.15, -0.1) is 11.3 Å². The van der Waals surface area contributed by atoms with Gasteiger partial charge in [0.2, 0.25) is 11.8 Å². The molecule has 160 valence electrons. The molecule has 0 aliphatic carbocycles. The molecule has 2 amide bonds. The molecule has 0 fully saturated rings. The molecule has 1 aromatic heterocycles. The minimum Gasteiger partial charge on any atom is -0.475 e. The van der Waals surface area contributed by atoms with Crippen LogP contribution in [0, 0.1) is 0 Å². The standard InChI is InChI=1S/C14H24N4O2S.C2HF3O2/c15-7-2-1-3-11-4-5-12(21-11)6-8-17-14(20)10-18-13(19)9-16;3-2(4,5)1(6)7/h4-5H,1-3,6-10,15-16H2,(H,17,20)(H,18,19);(H,6,7). The van der Waals surface area contributed by atoms with Crippen LogP contribution in [0.2, 0.25) is 0 Å². The van der Waals surface area contributed by atoms with Gasteiger partial charge in [-0.25, -0.2) is 4.79 Å². The summed E-state index contributed by atoms with van der Waals surface area (Å²) in [6.45, 7) is 1.19. The van der Waals surface area contributed by atoms with Crippen LogP contribution in [-0.2, 0) is 27.2 Å². The fourth-order valence-corrected chi connectivity index (χ4v) is 2.83. The summed E-state index contributed by atoms with van der Waals surface area (Å²) in [5, 5.41) is 12.3. The first-order chi connectivity index (χ1) is 13.1. The number of nitrogens with one attached hydrogen (secondary N) is 2. The number of unbranched alkanes of at least 4 members (excludes halogenated alkanes) is 1. The monoisotopic (exact) mass is 426 g/mol. The molecular formula is C16H25F3N4O4S. The van der Waals surface area contributed by atoms with E-state index >= 15 is 0 Å². The van der Waals surface area contributed by atoms with Gasteiger partial charge in [0.1, 0.15) is 0 Å². The summed E-state index contributed by atoms with van der Waals surface area (Å²) in [5.74, 6) is -3.28. The minimum atomic E-state index is -5.08. The predicted molar refractivity (Wildman–Crippen MR) is 98.8 cm³/mol. The number of carbonyl (C=O) groups is 3. The first-order valence-corrected chi connectivity index (χ1v) is 9.23. The van der Waals surface area contributed by atoms with E-state index in [0.29, 0.717) is 6.54 Å². The van der Waals surface area contributed by atoms with Crippen molar-refractivity contribution in [3.05, 3.63) is 21.9 Å². The molecule has 0 aromatic carbocycles. The molecule has 1 rings (SSSR count). The van der Waals surface area contributed by atoms with E-state index in [-0.39, 0.29) is 24.9 Å². The highest BCUT2D eigenvalue weighted by molar-refractivity contribution is 7.11. The lowest BCUT2D eigenvalue weighted by Gasteiger charge is -2.05. The molecule has 8 nitrogen and oxygen atoms in total. The lowest BCUT2D eigenvalue weighted by molar-refractivity contribution is -0.192. The lowest BCUT2D eigenvalue weighted by atomic mass is 10.2. The van der Waals surface area contributed by atoms with E-state index < -0.39 is 12.1 Å². The van der Waals surface area contributed by atoms with Crippen molar-refractivity contribution in [1.82, 2.24) is 10.6 Å². The summed E-state index contributed by atoms with van der Waals surface area (Å²) >= 11 is 1.78. The molecule has 28 heavy (non-hydrogen) atoms. The number of hydrogen-bond acceptors (Lipinski definition) is 6. The van der Waals surface area contributed by atoms with Gasteiger partial charge in [-0.2, -0.15) is 13.2 Å². The Morgan fingerprint density at radius 2 is 1.57 bits per heavy atom. The Kier molecular flexibility index (Phi) is 12.8. The number of amides is 2. The molecular weight excluding hydrogens is 401 g/mol. The Bertz CT molecular complexity index is 623. The van der Waals surface area contributed by atoms with Crippen LogP contribution in [0.1, 0.15) is 22.6 Å². The number of thiophene rings is 1. The van der Waals surface area contributed by atoms with Crippen LogP contribution in [0.3, 0.4) is 0 Å². The Labute approximate surface area is 164 Å². The SMILES string of the molecule is NCCCCc1ccc(CCNC(=O)CNC(=O)CN)s1.O=C(O)C(F)(F)F. The normalized spacial score (nSPS) is 10.6. The molecule has 12 heteroatoms. The fourth-order valence-electron chi connectivity index (χ4n) is 1.77. The quantitative estimate of drug-likeness (QED) is 0.342. The second-order valence-corrected chi connectivity index (χ2v) is 6.75.